The molecule has 0 amide bonds. The first-order valence-electron chi connectivity index (χ1n) is 6.00. The fourth-order valence-corrected chi connectivity index (χ4v) is 2.25. The normalized spacial score (nSPS) is 12.2. The van der Waals surface area contributed by atoms with Gasteiger partial charge in [-0.25, -0.2) is 0 Å². The molecule has 0 heterocycles. The van der Waals surface area contributed by atoms with E-state index >= 15 is 0 Å². The lowest BCUT2D eigenvalue weighted by molar-refractivity contribution is 0.482. The minimum atomic E-state index is 0.268. The van der Waals surface area contributed by atoms with Gasteiger partial charge in [-0.3, -0.25) is 0 Å². The second-order valence-corrected chi connectivity index (χ2v) is 5.91. The zero-order chi connectivity index (χ0) is 13.8. The van der Waals surface area contributed by atoms with Crippen molar-refractivity contribution in [2.45, 2.75) is 13.0 Å². The van der Waals surface area contributed by atoms with Crippen LogP contribution < -0.4 is 10.1 Å². The van der Waals surface area contributed by atoms with E-state index in [4.69, 9.17) is 16.3 Å². The molecule has 0 fully saturated rings. The van der Waals surface area contributed by atoms with Crippen LogP contribution in [0.4, 0.5) is 0 Å². The predicted octanol–water partition coefficient (Wildman–Crippen LogP) is 5.02. The molecule has 19 heavy (non-hydrogen) atoms. The van der Waals surface area contributed by atoms with Crippen LogP contribution in [0.25, 0.3) is 0 Å². The molecule has 0 aliphatic carbocycles. The van der Waals surface area contributed by atoms with Crippen LogP contribution in [0.15, 0.2) is 42.5 Å². The Morgan fingerprint density at radius 1 is 1.16 bits per heavy atom. The van der Waals surface area contributed by atoms with Crippen molar-refractivity contribution in [1.82, 2.24) is 5.32 Å². The van der Waals surface area contributed by atoms with Crippen molar-refractivity contribution >= 4 is 34.2 Å². The van der Waals surface area contributed by atoms with E-state index in [0.29, 0.717) is 10.8 Å². The summed E-state index contributed by atoms with van der Waals surface area (Å²) in [6.07, 6.45) is 0. The largest absolute Gasteiger partial charge is 0.456 e. The van der Waals surface area contributed by atoms with Gasteiger partial charge in [0.1, 0.15) is 11.5 Å². The van der Waals surface area contributed by atoms with Crippen molar-refractivity contribution in [2.75, 3.05) is 7.05 Å². The van der Waals surface area contributed by atoms with E-state index < -0.39 is 0 Å². The fraction of sp³-hybridized carbons (Fsp3) is 0.200. The van der Waals surface area contributed by atoms with Crippen molar-refractivity contribution in [1.29, 1.82) is 0 Å². The second-order valence-electron chi connectivity index (χ2n) is 4.26. The van der Waals surface area contributed by atoms with E-state index in [1.807, 2.05) is 49.5 Å². The van der Waals surface area contributed by atoms with E-state index in [-0.39, 0.29) is 6.04 Å². The van der Waals surface area contributed by atoms with Gasteiger partial charge >= 0.3 is 0 Å². The molecule has 2 aromatic rings. The first-order valence-corrected chi connectivity index (χ1v) is 7.46. The van der Waals surface area contributed by atoms with Crippen LogP contribution in [-0.4, -0.2) is 7.05 Å². The summed E-state index contributed by atoms with van der Waals surface area (Å²) >= 11 is 8.52. The second kappa shape index (κ2) is 6.59. The lowest BCUT2D eigenvalue weighted by atomic mass is 10.1. The van der Waals surface area contributed by atoms with Crippen molar-refractivity contribution in [3.63, 3.8) is 0 Å². The summed E-state index contributed by atoms with van der Waals surface area (Å²) in [5, 5.41) is 3.81. The van der Waals surface area contributed by atoms with E-state index in [1.54, 1.807) is 0 Å². The molecule has 0 saturated carbocycles. The third-order valence-corrected chi connectivity index (χ3v) is 3.94. The molecule has 0 spiro atoms. The molecule has 0 aromatic heterocycles. The van der Waals surface area contributed by atoms with Crippen molar-refractivity contribution in [3.8, 4) is 11.5 Å². The quantitative estimate of drug-likeness (QED) is 0.744. The molecule has 1 unspecified atom stereocenters. The molecule has 0 aliphatic rings. The van der Waals surface area contributed by atoms with E-state index in [9.17, 15) is 0 Å². The summed E-state index contributed by atoms with van der Waals surface area (Å²) in [5.41, 5.74) is 1.14. The minimum Gasteiger partial charge on any atom is -0.456 e. The summed E-state index contributed by atoms with van der Waals surface area (Å²) in [6, 6.07) is 14.0. The van der Waals surface area contributed by atoms with Crippen LogP contribution in [0.5, 0.6) is 11.5 Å². The van der Waals surface area contributed by atoms with Gasteiger partial charge in [-0.05, 0) is 78.5 Å². The number of hydrogen-bond acceptors (Lipinski definition) is 2. The molecule has 0 bridgehead atoms. The van der Waals surface area contributed by atoms with Gasteiger partial charge in [0.15, 0.2) is 0 Å². The van der Waals surface area contributed by atoms with Crippen LogP contribution in [0.3, 0.4) is 0 Å². The first kappa shape index (κ1) is 14.6. The fourth-order valence-electron chi connectivity index (χ4n) is 1.67. The Hall–Kier alpha value is -0.780. The van der Waals surface area contributed by atoms with Gasteiger partial charge in [-0.1, -0.05) is 17.7 Å². The minimum absolute atomic E-state index is 0.268. The van der Waals surface area contributed by atoms with Gasteiger partial charge in [-0.15, -0.1) is 0 Å². The smallest absolute Gasteiger partial charge is 0.146 e. The van der Waals surface area contributed by atoms with Crippen LogP contribution >= 0.6 is 34.2 Å². The highest BCUT2D eigenvalue weighted by Gasteiger charge is 2.08. The molecular weight excluding hydrogens is 373 g/mol. The number of nitrogens with one attached hydrogen (secondary N) is 1. The molecule has 1 N–H and O–H groups in total. The Kier molecular flexibility index (Phi) is 5.07. The van der Waals surface area contributed by atoms with Gasteiger partial charge in [0.2, 0.25) is 0 Å². The average molecular weight is 388 g/mol. The van der Waals surface area contributed by atoms with E-state index in [1.165, 1.54) is 3.57 Å². The number of halogens is 2. The topological polar surface area (TPSA) is 21.3 Å². The highest BCUT2D eigenvalue weighted by molar-refractivity contribution is 14.1. The Morgan fingerprint density at radius 3 is 2.42 bits per heavy atom. The predicted molar refractivity (Wildman–Crippen MR) is 88.2 cm³/mol. The zero-order valence-corrected chi connectivity index (χ0v) is 13.7. The summed E-state index contributed by atoms with van der Waals surface area (Å²) in [6.45, 7) is 2.09. The Morgan fingerprint density at radius 2 is 1.84 bits per heavy atom. The molecule has 2 aromatic carbocycles. The number of ether oxygens (including phenoxy) is 1. The van der Waals surface area contributed by atoms with Crippen LogP contribution in [0.2, 0.25) is 5.02 Å². The molecule has 2 rings (SSSR count). The van der Waals surface area contributed by atoms with Crippen molar-refractivity contribution < 1.29 is 4.74 Å². The molecule has 0 saturated heterocycles. The van der Waals surface area contributed by atoms with Crippen molar-refractivity contribution in [2.24, 2.45) is 0 Å². The lowest BCUT2D eigenvalue weighted by Crippen LogP contribution is -2.12. The van der Waals surface area contributed by atoms with Gasteiger partial charge < -0.3 is 10.1 Å². The molecule has 2 nitrogen and oxygen atoms in total. The maximum Gasteiger partial charge on any atom is 0.146 e. The van der Waals surface area contributed by atoms with Crippen molar-refractivity contribution in [3.05, 3.63) is 56.6 Å². The number of rotatable bonds is 4. The molecule has 1 atom stereocenters. The standard InChI is InChI=1S/C15H15ClINO/c1-10(18-2)11-3-8-15(14(16)9-11)19-13-6-4-12(17)5-7-13/h3-10,18H,1-2H3. The Bertz CT molecular complexity index is 557. The van der Waals surface area contributed by atoms with Gasteiger partial charge in [0, 0.05) is 9.61 Å². The third-order valence-electron chi connectivity index (χ3n) is 2.93. The zero-order valence-electron chi connectivity index (χ0n) is 10.8. The van der Waals surface area contributed by atoms with Gasteiger partial charge in [0.25, 0.3) is 0 Å². The summed E-state index contributed by atoms with van der Waals surface area (Å²) < 4.78 is 6.95. The van der Waals surface area contributed by atoms with Crippen LogP contribution in [-0.2, 0) is 0 Å². The average Bonchev–Trinajstić information content (AvgIpc) is 2.42. The van der Waals surface area contributed by atoms with E-state index in [0.717, 1.165) is 11.3 Å². The maximum atomic E-state index is 6.26. The summed E-state index contributed by atoms with van der Waals surface area (Å²) in [5.74, 6) is 1.46. The first-order chi connectivity index (χ1) is 9.10. The van der Waals surface area contributed by atoms with E-state index in [2.05, 4.69) is 34.8 Å². The highest BCUT2D eigenvalue weighted by Crippen LogP contribution is 2.31. The molecule has 0 radical (unpaired) electrons. The number of benzene rings is 2. The van der Waals surface area contributed by atoms with Crippen LogP contribution in [0.1, 0.15) is 18.5 Å². The lowest BCUT2D eigenvalue weighted by Gasteiger charge is -2.13. The number of hydrogen-bond donors (Lipinski definition) is 1. The highest BCUT2D eigenvalue weighted by atomic mass is 127. The Balaban J connectivity index is 2.19. The maximum absolute atomic E-state index is 6.26. The molecule has 100 valence electrons. The molecule has 0 aliphatic heterocycles. The molecule has 4 heteroatoms. The third kappa shape index (κ3) is 3.84. The Labute approximate surface area is 132 Å². The summed E-state index contributed by atoms with van der Waals surface area (Å²) in [4.78, 5) is 0. The molecular formula is C15H15ClINO. The summed E-state index contributed by atoms with van der Waals surface area (Å²) in [7, 11) is 1.93. The van der Waals surface area contributed by atoms with Gasteiger partial charge in [0.05, 0.1) is 5.02 Å². The SMILES string of the molecule is CNC(C)c1ccc(Oc2ccc(I)cc2)c(Cl)c1. The monoisotopic (exact) mass is 387 g/mol. The van der Waals surface area contributed by atoms with Gasteiger partial charge in [-0.2, -0.15) is 0 Å². The van der Waals surface area contributed by atoms with Crippen LogP contribution in [0, 0.1) is 3.57 Å².